The van der Waals surface area contributed by atoms with Gasteiger partial charge in [-0.05, 0) is 45.6 Å². The van der Waals surface area contributed by atoms with Crippen molar-refractivity contribution in [2.45, 2.75) is 46.6 Å². The van der Waals surface area contributed by atoms with E-state index in [9.17, 15) is 14.4 Å². The minimum Gasteiger partial charge on any atom is -0.346 e. The molecule has 0 unspecified atom stereocenters. The zero-order chi connectivity index (χ0) is 21.7. The third kappa shape index (κ3) is 4.89. The molecule has 2 N–H and O–H groups in total. The van der Waals surface area contributed by atoms with Crippen LogP contribution < -0.4 is 15.8 Å². The van der Waals surface area contributed by atoms with Crippen molar-refractivity contribution in [3.8, 4) is 0 Å². The largest absolute Gasteiger partial charge is 0.346 e. The predicted molar refractivity (Wildman–Crippen MR) is 118 cm³/mol. The number of nitrogens with zero attached hydrogens (tertiary/aromatic N) is 3. The summed E-state index contributed by atoms with van der Waals surface area (Å²) in [5.41, 5.74) is 0.380. The summed E-state index contributed by atoms with van der Waals surface area (Å²) >= 11 is 1.23. The first-order valence-corrected chi connectivity index (χ1v) is 11.7. The molecule has 1 fully saturated rings. The van der Waals surface area contributed by atoms with Gasteiger partial charge in [-0.2, -0.15) is 0 Å². The van der Waals surface area contributed by atoms with Crippen molar-refractivity contribution in [2.24, 2.45) is 0 Å². The summed E-state index contributed by atoms with van der Waals surface area (Å²) in [4.78, 5) is 46.9. The van der Waals surface area contributed by atoms with Crippen molar-refractivity contribution in [2.75, 3.05) is 39.3 Å². The minimum absolute atomic E-state index is 0.00869. The number of carbonyl (C=O) groups excluding carboxylic acids is 2. The van der Waals surface area contributed by atoms with E-state index in [1.54, 1.807) is 6.92 Å². The first-order chi connectivity index (χ1) is 14.5. The number of hydrogen-bond donors (Lipinski definition) is 2. The number of likely N-dealkylation sites (N-methyl/N-ethyl adjacent to an activating group) is 1. The van der Waals surface area contributed by atoms with E-state index < -0.39 is 0 Å². The molecule has 1 aliphatic heterocycles. The summed E-state index contributed by atoms with van der Waals surface area (Å²) in [6, 6.07) is 0. The second kappa shape index (κ2) is 10.2. The molecular weight excluding hydrogens is 402 g/mol. The topological polar surface area (TPSA) is 88.7 Å². The monoisotopic (exact) mass is 434 g/mol. The molecule has 2 amide bonds. The Hall–Kier alpha value is -2.26. The van der Waals surface area contributed by atoms with Crippen LogP contribution in [0.3, 0.4) is 0 Å². The number of amides is 2. The molecule has 0 atom stereocenters. The average Bonchev–Trinajstić information content (AvgIpc) is 3.11. The van der Waals surface area contributed by atoms with Crippen molar-refractivity contribution < 1.29 is 14.5 Å². The highest BCUT2D eigenvalue weighted by atomic mass is 32.1. The van der Waals surface area contributed by atoms with Crippen molar-refractivity contribution in [3.63, 3.8) is 0 Å². The van der Waals surface area contributed by atoms with Gasteiger partial charge in [0.05, 0.1) is 42.8 Å². The maximum Gasteiger partial charge on any atom is 0.262 e. The van der Waals surface area contributed by atoms with Crippen molar-refractivity contribution in [1.29, 1.82) is 0 Å². The van der Waals surface area contributed by atoms with E-state index in [0.717, 1.165) is 52.0 Å². The number of fused-ring (bicyclic) bond motifs is 1. The molecule has 9 heteroatoms. The lowest BCUT2D eigenvalue weighted by atomic mass is 10.1. The van der Waals surface area contributed by atoms with Crippen LogP contribution in [-0.4, -0.2) is 65.5 Å². The van der Waals surface area contributed by atoms with Gasteiger partial charge in [-0.1, -0.05) is 0 Å². The van der Waals surface area contributed by atoms with Gasteiger partial charge in [0.15, 0.2) is 0 Å². The summed E-state index contributed by atoms with van der Waals surface area (Å²) in [6.07, 6.45) is 4.59. The predicted octanol–water partition coefficient (Wildman–Crippen LogP) is 0.433. The van der Waals surface area contributed by atoms with Crippen LogP contribution in [0.25, 0.3) is 10.2 Å². The first kappa shape index (κ1) is 22.4. The van der Waals surface area contributed by atoms with Gasteiger partial charge >= 0.3 is 0 Å². The molecule has 0 radical (unpaired) electrons. The van der Waals surface area contributed by atoms with Gasteiger partial charge in [0, 0.05) is 13.1 Å². The van der Waals surface area contributed by atoms with Gasteiger partial charge in [0.2, 0.25) is 5.91 Å². The molecule has 164 valence electrons. The van der Waals surface area contributed by atoms with Crippen LogP contribution in [-0.2, 0) is 11.3 Å². The Balaban J connectivity index is 1.75. The maximum atomic E-state index is 13.0. The molecule has 3 rings (SSSR count). The second-order valence-electron chi connectivity index (χ2n) is 7.82. The van der Waals surface area contributed by atoms with Crippen LogP contribution in [0.2, 0.25) is 0 Å². The summed E-state index contributed by atoms with van der Waals surface area (Å²) in [5, 5.41) is 3.40. The minimum atomic E-state index is -0.259. The van der Waals surface area contributed by atoms with Crippen molar-refractivity contribution >= 4 is 33.4 Å². The standard InChI is InChI=1S/C21H31N5O3S/c1-4-24(5-2)12-9-22-19(28)18-15(3)17-20(30-18)23-14-26(21(17)29)13-16(27)25-10-7-6-8-11-25/h14H,4-13H2,1-3H3,(H,22,28)/p+1. The maximum absolute atomic E-state index is 13.0. The summed E-state index contributed by atoms with van der Waals surface area (Å²) < 4.78 is 1.37. The van der Waals surface area contributed by atoms with Gasteiger partial charge in [0.1, 0.15) is 11.4 Å². The van der Waals surface area contributed by atoms with Gasteiger partial charge < -0.3 is 15.1 Å². The van der Waals surface area contributed by atoms with Crippen LogP contribution in [0.1, 0.15) is 48.3 Å². The summed E-state index contributed by atoms with van der Waals surface area (Å²) in [5.74, 6) is -0.222. The lowest BCUT2D eigenvalue weighted by molar-refractivity contribution is -0.895. The van der Waals surface area contributed by atoms with Crippen LogP contribution in [0.4, 0.5) is 0 Å². The van der Waals surface area contributed by atoms with E-state index in [1.807, 2.05) is 4.90 Å². The molecule has 0 aromatic carbocycles. The van der Waals surface area contributed by atoms with E-state index in [0.29, 0.717) is 27.2 Å². The fraction of sp³-hybridized carbons (Fsp3) is 0.619. The van der Waals surface area contributed by atoms with Crippen molar-refractivity contribution in [3.05, 3.63) is 27.1 Å². The molecule has 0 saturated carbocycles. The number of quaternary nitrogens is 1. The Morgan fingerprint density at radius 1 is 1.20 bits per heavy atom. The number of aromatic nitrogens is 2. The molecule has 0 bridgehead atoms. The molecule has 3 heterocycles. The molecule has 0 spiro atoms. The lowest BCUT2D eigenvalue weighted by Gasteiger charge is -2.26. The summed E-state index contributed by atoms with van der Waals surface area (Å²) in [6.45, 7) is 11.0. The Kier molecular flexibility index (Phi) is 7.60. The normalized spacial score (nSPS) is 14.5. The summed E-state index contributed by atoms with van der Waals surface area (Å²) in [7, 11) is 0. The molecule has 1 aliphatic rings. The number of thiophene rings is 1. The lowest BCUT2D eigenvalue weighted by Crippen LogP contribution is -3.12. The molecule has 2 aromatic rings. The number of hydrogen-bond acceptors (Lipinski definition) is 5. The highest BCUT2D eigenvalue weighted by Gasteiger charge is 2.22. The molecule has 8 nitrogen and oxygen atoms in total. The Labute approximate surface area is 180 Å². The molecule has 1 saturated heterocycles. The molecular formula is C21H32N5O3S+. The number of piperidine rings is 1. The number of aryl methyl sites for hydroxylation is 1. The highest BCUT2D eigenvalue weighted by Crippen LogP contribution is 2.26. The van der Waals surface area contributed by atoms with Crippen LogP contribution in [0, 0.1) is 6.92 Å². The Morgan fingerprint density at radius 2 is 1.90 bits per heavy atom. The van der Waals surface area contributed by atoms with E-state index in [1.165, 1.54) is 27.1 Å². The number of likely N-dealkylation sites (tertiary alicyclic amines) is 1. The van der Waals surface area contributed by atoms with Gasteiger partial charge in [-0.15, -0.1) is 11.3 Å². The number of nitrogens with one attached hydrogen (secondary N) is 2. The van der Waals surface area contributed by atoms with E-state index in [4.69, 9.17) is 0 Å². The molecule has 0 aliphatic carbocycles. The third-order valence-electron chi connectivity index (χ3n) is 5.90. The second-order valence-corrected chi connectivity index (χ2v) is 8.82. The fourth-order valence-corrected chi connectivity index (χ4v) is 4.97. The zero-order valence-electron chi connectivity index (χ0n) is 18.1. The number of rotatable bonds is 8. The third-order valence-corrected chi connectivity index (χ3v) is 7.10. The van der Waals surface area contributed by atoms with E-state index in [-0.39, 0.29) is 23.9 Å². The van der Waals surface area contributed by atoms with Gasteiger partial charge in [0.25, 0.3) is 11.5 Å². The molecule has 30 heavy (non-hydrogen) atoms. The fourth-order valence-electron chi connectivity index (χ4n) is 3.91. The first-order valence-electron chi connectivity index (χ1n) is 10.8. The van der Waals surface area contributed by atoms with Crippen LogP contribution in [0.15, 0.2) is 11.1 Å². The van der Waals surface area contributed by atoms with E-state index in [2.05, 4.69) is 24.1 Å². The highest BCUT2D eigenvalue weighted by molar-refractivity contribution is 7.20. The van der Waals surface area contributed by atoms with Gasteiger partial charge in [-0.25, -0.2) is 4.98 Å². The average molecular weight is 435 g/mol. The number of carbonyl (C=O) groups is 2. The van der Waals surface area contributed by atoms with Gasteiger partial charge in [-0.3, -0.25) is 19.0 Å². The SMILES string of the molecule is CC[NH+](CC)CCNC(=O)c1sc2ncn(CC(=O)N3CCCCC3)c(=O)c2c1C. The van der Waals surface area contributed by atoms with Crippen LogP contribution in [0.5, 0.6) is 0 Å². The zero-order valence-corrected chi connectivity index (χ0v) is 18.9. The van der Waals surface area contributed by atoms with Crippen LogP contribution >= 0.6 is 11.3 Å². The Morgan fingerprint density at radius 3 is 2.57 bits per heavy atom. The Bertz CT molecular complexity index is 957. The smallest absolute Gasteiger partial charge is 0.262 e. The quantitative estimate of drug-likeness (QED) is 0.631. The van der Waals surface area contributed by atoms with E-state index >= 15 is 0 Å². The van der Waals surface area contributed by atoms with Crippen molar-refractivity contribution in [1.82, 2.24) is 19.8 Å². The molecule has 2 aromatic heterocycles.